The van der Waals surface area contributed by atoms with Crippen LogP contribution in [0.25, 0.3) is 5.65 Å². The third-order valence-electron chi connectivity index (χ3n) is 8.16. The molecule has 0 saturated carbocycles. The maximum atomic E-state index is 15.1. The van der Waals surface area contributed by atoms with Crippen molar-refractivity contribution in [2.45, 2.75) is 38.1 Å². The van der Waals surface area contributed by atoms with Crippen LogP contribution in [0.5, 0.6) is 0 Å². The van der Waals surface area contributed by atoms with Gasteiger partial charge in [-0.15, -0.1) is 5.10 Å². The summed E-state index contributed by atoms with van der Waals surface area (Å²) in [5.74, 6) is -1.93. The van der Waals surface area contributed by atoms with Gasteiger partial charge in [0.1, 0.15) is 11.3 Å². The van der Waals surface area contributed by atoms with Gasteiger partial charge < -0.3 is 25.8 Å². The van der Waals surface area contributed by atoms with Gasteiger partial charge in [0.2, 0.25) is 5.91 Å². The normalized spacial score (nSPS) is 19.3. The van der Waals surface area contributed by atoms with E-state index in [1.165, 1.54) is 25.7 Å². The molecule has 3 N–H and O–H groups in total. The van der Waals surface area contributed by atoms with Gasteiger partial charge in [0.05, 0.1) is 30.5 Å². The number of nitrogens with one attached hydrogen (secondary N) is 1. The zero-order valence-corrected chi connectivity index (χ0v) is 21.5. The average Bonchev–Trinajstić information content (AvgIpc) is 3.23. The molecule has 3 fully saturated rings. The summed E-state index contributed by atoms with van der Waals surface area (Å²) in [5, 5.41) is 6.62. The van der Waals surface area contributed by atoms with Crippen LogP contribution < -0.4 is 16.0 Å². The Morgan fingerprint density at radius 1 is 0.974 bits per heavy atom. The van der Waals surface area contributed by atoms with Gasteiger partial charge in [0.15, 0.2) is 23.1 Å². The minimum Gasteiger partial charge on any atom is -0.381 e. The minimum absolute atomic E-state index is 0.0487. The van der Waals surface area contributed by atoms with Crippen molar-refractivity contribution in [3.8, 4) is 0 Å². The fourth-order valence-corrected chi connectivity index (χ4v) is 5.94. The molecule has 11 nitrogen and oxygen atoms in total. The number of nitrogen functional groups attached to an aromatic ring is 1. The van der Waals surface area contributed by atoms with E-state index in [1.807, 2.05) is 9.80 Å². The molecule has 0 atom stereocenters. The smallest absolute Gasteiger partial charge is 0.263 e. The van der Waals surface area contributed by atoms with Crippen LogP contribution in [-0.2, 0) is 4.79 Å². The number of fused-ring (bicyclic) bond motifs is 1. The van der Waals surface area contributed by atoms with Crippen molar-refractivity contribution in [2.24, 2.45) is 5.92 Å². The first-order valence-corrected chi connectivity index (χ1v) is 13.4. The van der Waals surface area contributed by atoms with Gasteiger partial charge in [-0.2, -0.15) is 0 Å². The Kier molecular flexibility index (Phi) is 6.75. The number of nitrogens with two attached hydrogens (primary N) is 1. The lowest BCUT2D eigenvalue weighted by atomic mass is 9.92. The Morgan fingerprint density at radius 2 is 1.72 bits per heavy atom. The van der Waals surface area contributed by atoms with Crippen molar-refractivity contribution in [1.29, 1.82) is 0 Å². The van der Waals surface area contributed by atoms with E-state index in [2.05, 4.69) is 25.3 Å². The monoisotopic (exact) mass is 539 g/mol. The Hall–Kier alpha value is -3.87. The third-order valence-corrected chi connectivity index (χ3v) is 8.16. The first-order chi connectivity index (χ1) is 18.9. The van der Waals surface area contributed by atoms with Gasteiger partial charge in [-0.3, -0.25) is 14.6 Å². The van der Waals surface area contributed by atoms with E-state index < -0.39 is 17.5 Å². The topological polar surface area (TPSA) is 125 Å². The molecule has 3 saturated heterocycles. The standard InChI is InChI=1S/C26H31F2N9O2/c27-17-12-31-24-21(23(29)33-37(24)15-17)25(38)32-20-14-30-13-19(28)22(20)35-8-2-16(3-9-35)26(39)36-10-4-18(5-11-36)34-6-1-7-34/h12-16,18H,1-11H2,(H2,29,33)(H,32,38). The summed E-state index contributed by atoms with van der Waals surface area (Å²) in [6.45, 7) is 4.87. The van der Waals surface area contributed by atoms with Crippen LogP contribution in [0.3, 0.4) is 0 Å². The number of anilines is 3. The molecule has 13 heteroatoms. The summed E-state index contributed by atoms with van der Waals surface area (Å²) in [7, 11) is 0. The van der Waals surface area contributed by atoms with Crippen LogP contribution in [0.2, 0.25) is 0 Å². The molecule has 3 aliphatic rings. The zero-order chi connectivity index (χ0) is 27.1. The number of amides is 2. The largest absolute Gasteiger partial charge is 0.381 e. The number of hydrogen-bond acceptors (Lipinski definition) is 8. The number of likely N-dealkylation sites (tertiary alicyclic amines) is 2. The number of nitrogens with zero attached hydrogens (tertiary/aromatic N) is 7. The molecule has 0 radical (unpaired) electrons. The van der Waals surface area contributed by atoms with Crippen LogP contribution in [0.15, 0.2) is 24.8 Å². The van der Waals surface area contributed by atoms with Crippen molar-refractivity contribution in [3.05, 3.63) is 42.0 Å². The third kappa shape index (κ3) is 4.86. The van der Waals surface area contributed by atoms with E-state index in [1.54, 1.807) is 0 Å². The molecule has 3 aromatic rings. The molecular weight excluding hydrogens is 508 g/mol. The average molecular weight is 540 g/mol. The van der Waals surface area contributed by atoms with Crippen LogP contribution >= 0.6 is 0 Å². The van der Waals surface area contributed by atoms with Crippen LogP contribution in [0, 0.1) is 17.6 Å². The molecule has 0 spiro atoms. The molecule has 0 bridgehead atoms. The summed E-state index contributed by atoms with van der Waals surface area (Å²) < 4.78 is 29.7. The lowest BCUT2D eigenvalue weighted by Crippen LogP contribution is -2.52. The molecule has 6 heterocycles. The number of halogens is 2. The van der Waals surface area contributed by atoms with Crippen molar-refractivity contribution in [3.63, 3.8) is 0 Å². The first-order valence-electron chi connectivity index (χ1n) is 13.4. The van der Waals surface area contributed by atoms with E-state index in [4.69, 9.17) is 5.73 Å². The molecule has 2 amide bonds. The van der Waals surface area contributed by atoms with Gasteiger partial charge in [0, 0.05) is 38.1 Å². The molecule has 206 valence electrons. The van der Waals surface area contributed by atoms with Gasteiger partial charge in [-0.25, -0.2) is 18.3 Å². The highest BCUT2D eigenvalue weighted by molar-refractivity contribution is 6.12. The molecule has 6 rings (SSSR count). The fraction of sp³-hybridized carbons (Fsp3) is 0.500. The molecule has 0 aliphatic carbocycles. The van der Waals surface area contributed by atoms with Crippen molar-refractivity contribution in [2.75, 3.05) is 55.2 Å². The Morgan fingerprint density at radius 3 is 2.41 bits per heavy atom. The van der Waals surface area contributed by atoms with Crippen LogP contribution in [0.4, 0.5) is 26.0 Å². The number of rotatable bonds is 5. The van der Waals surface area contributed by atoms with Gasteiger partial charge in [-0.05, 0) is 45.2 Å². The molecular formula is C26H31F2N9O2. The maximum Gasteiger partial charge on any atom is 0.263 e. The zero-order valence-electron chi connectivity index (χ0n) is 21.5. The predicted molar refractivity (Wildman–Crippen MR) is 140 cm³/mol. The lowest BCUT2D eigenvalue weighted by molar-refractivity contribution is -0.138. The van der Waals surface area contributed by atoms with E-state index in [9.17, 15) is 14.0 Å². The molecule has 0 aromatic carbocycles. The minimum atomic E-state index is -0.665. The summed E-state index contributed by atoms with van der Waals surface area (Å²) in [5.41, 5.74) is 6.31. The van der Waals surface area contributed by atoms with Crippen molar-refractivity contribution < 1.29 is 18.4 Å². The van der Waals surface area contributed by atoms with Crippen LogP contribution in [-0.4, -0.2) is 86.5 Å². The van der Waals surface area contributed by atoms with Crippen LogP contribution in [0.1, 0.15) is 42.5 Å². The summed E-state index contributed by atoms with van der Waals surface area (Å²) >= 11 is 0. The second kappa shape index (κ2) is 10.4. The van der Waals surface area contributed by atoms with Gasteiger partial charge >= 0.3 is 0 Å². The summed E-state index contributed by atoms with van der Waals surface area (Å²) in [4.78, 5) is 40.5. The summed E-state index contributed by atoms with van der Waals surface area (Å²) in [6, 6.07) is 0.598. The highest BCUT2D eigenvalue weighted by Crippen LogP contribution is 2.33. The number of aromatic nitrogens is 4. The highest BCUT2D eigenvalue weighted by Gasteiger charge is 2.34. The van der Waals surface area contributed by atoms with Crippen molar-refractivity contribution in [1.82, 2.24) is 29.4 Å². The molecule has 39 heavy (non-hydrogen) atoms. The quantitative estimate of drug-likeness (QED) is 0.506. The SMILES string of the molecule is Nc1nn2cc(F)cnc2c1C(=O)Nc1cncc(F)c1N1CCC(C(=O)N2CCC(N3CCC3)CC2)CC1. The molecule has 3 aliphatic heterocycles. The number of carbonyl (C=O) groups is 2. The first kappa shape index (κ1) is 25.4. The molecule has 0 unspecified atom stereocenters. The molecule has 3 aromatic heterocycles. The van der Waals surface area contributed by atoms with E-state index in [-0.39, 0.29) is 40.2 Å². The predicted octanol–water partition coefficient (Wildman–Crippen LogP) is 2.15. The van der Waals surface area contributed by atoms with E-state index >= 15 is 4.39 Å². The Labute approximate surface area is 224 Å². The summed E-state index contributed by atoms with van der Waals surface area (Å²) in [6.07, 6.45) is 8.99. The fourth-order valence-electron chi connectivity index (χ4n) is 5.94. The maximum absolute atomic E-state index is 15.1. The Bertz CT molecular complexity index is 1390. The van der Waals surface area contributed by atoms with Gasteiger partial charge in [0.25, 0.3) is 5.91 Å². The Balaban J connectivity index is 1.12. The number of hydrogen-bond donors (Lipinski definition) is 2. The number of pyridine rings is 1. The van der Waals surface area contributed by atoms with Gasteiger partial charge in [-0.1, -0.05) is 0 Å². The number of piperidine rings is 2. The number of carbonyl (C=O) groups excluding carboxylic acids is 2. The highest BCUT2D eigenvalue weighted by atomic mass is 19.1. The van der Waals surface area contributed by atoms with E-state index in [0.717, 1.165) is 49.0 Å². The van der Waals surface area contributed by atoms with Crippen molar-refractivity contribution >= 4 is 34.7 Å². The second-order valence-corrected chi connectivity index (χ2v) is 10.5. The van der Waals surface area contributed by atoms with E-state index in [0.29, 0.717) is 32.0 Å². The second-order valence-electron chi connectivity index (χ2n) is 10.5. The lowest BCUT2D eigenvalue weighted by Gasteiger charge is -2.44.